The molecule has 0 saturated heterocycles. The molecule has 1 nitrogen and oxygen atoms in total. The largest absolute Gasteiger partial charge is 0.388 e. The first-order valence-corrected chi connectivity index (χ1v) is 6.24. The Morgan fingerprint density at radius 1 is 1.27 bits per heavy atom. The normalized spacial score (nSPS) is 13.2. The van der Waals surface area contributed by atoms with Gasteiger partial charge < -0.3 is 5.11 Å². The lowest BCUT2D eigenvalue weighted by atomic mass is 9.99. The van der Waals surface area contributed by atoms with E-state index in [0.29, 0.717) is 5.92 Å². The van der Waals surface area contributed by atoms with Crippen molar-refractivity contribution in [1.82, 2.24) is 0 Å². The fourth-order valence-electron chi connectivity index (χ4n) is 1.47. The Morgan fingerprint density at radius 2 is 1.93 bits per heavy atom. The highest BCUT2D eigenvalue weighted by Crippen LogP contribution is 2.25. The molecule has 0 bridgehead atoms. The average Bonchev–Trinajstić information content (AvgIpc) is 2.18. The van der Waals surface area contributed by atoms with Crippen molar-refractivity contribution in [3.05, 3.63) is 33.8 Å². The van der Waals surface area contributed by atoms with Gasteiger partial charge in [0.2, 0.25) is 0 Å². The molecular weight excluding hydrogens is 252 g/mol. The predicted molar refractivity (Wildman–Crippen MR) is 67.9 cm³/mol. The monoisotopic (exact) mass is 270 g/mol. The maximum absolute atomic E-state index is 9.96. The lowest BCUT2D eigenvalue weighted by molar-refractivity contribution is 0.159. The molecule has 1 aromatic rings. The van der Waals surface area contributed by atoms with Gasteiger partial charge in [0.15, 0.2) is 0 Å². The molecule has 84 valence electrons. The molecule has 0 radical (unpaired) electrons. The van der Waals surface area contributed by atoms with Gasteiger partial charge in [-0.05, 0) is 42.9 Å². The summed E-state index contributed by atoms with van der Waals surface area (Å²) in [5.41, 5.74) is 2.21. The molecule has 0 aliphatic carbocycles. The fraction of sp³-hybridized carbons (Fsp3) is 0.538. The third kappa shape index (κ3) is 3.96. The lowest BCUT2D eigenvalue weighted by Gasteiger charge is -2.13. The van der Waals surface area contributed by atoms with Crippen LogP contribution in [0.4, 0.5) is 0 Å². The van der Waals surface area contributed by atoms with Crippen molar-refractivity contribution in [1.29, 1.82) is 0 Å². The summed E-state index contributed by atoms with van der Waals surface area (Å²) in [7, 11) is 0. The zero-order valence-electron chi connectivity index (χ0n) is 9.63. The van der Waals surface area contributed by atoms with E-state index >= 15 is 0 Å². The second kappa shape index (κ2) is 5.66. The summed E-state index contributed by atoms with van der Waals surface area (Å²) in [6.45, 7) is 6.41. The van der Waals surface area contributed by atoms with Crippen LogP contribution in [0.25, 0.3) is 0 Å². The minimum atomic E-state index is -0.329. The van der Waals surface area contributed by atoms with Gasteiger partial charge in [0.05, 0.1) is 6.10 Å². The van der Waals surface area contributed by atoms with E-state index in [2.05, 4.69) is 29.8 Å². The Bertz CT molecular complexity index is 320. The maximum Gasteiger partial charge on any atom is 0.0790 e. The van der Waals surface area contributed by atoms with Crippen LogP contribution in [0.1, 0.15) is 43.9 Å². The lowest BCUT2D eigenvalue weighted by Crippen LogP contribution is -2.00. The number of benzene rings is 1. The van der Waals surface area contributed by atoms with Gasteiger partial charge in [0, 0.05) is 4.47 Å². The number of rotatable bonds is 4. The molecule has 1 atom stereocenters. The Balaban J connectivity index is 2.65. The third-order valence-corrected chi connectivity index (χ3v) is 3.45. The third-order valence-electron chi connectivity index (χ3n) is 2.60. The molecule has 15 heavy (non-hydrogen) atoms. The van der Waals surface area contributed by atoms with E-state index in [-0.39, 0.29) is 6.10 Å². The first-order chi connectivity index (χ1) is 7.00. The molecule has 0 aliphatic rings. The fourth-order valence-corrected chi connectivity index (χ4v) is 1.87. The highest BCUT2D eigenvalue weighted by atomic mass is 79.9. The van der Waals surface area contributed by atoms with Crippen molar-refractivity contribution in [2.24, 2.45) is 5.92 Å². The molecule has 0 aromatic heterocycles. The Kier molecular flexibility index (Phi) is 4.81. The molecule has 0 aliphatic heterocycles. The summed E-state index contributed by atoms with van der Waals surface area (Å²) < 4.78 is 1.07. The molecule has 0 amide bonds. The molecule has 1 rings (SSSR count). The summed E-state index contributed by atoms with van der Waals surface area (Å²) >= 11 is 3.48. The number of aliphatic hydroxyl groups is 1. The second-order valence-corrected chi connectivity index (χ2v) is 5.35. The van der Waals surface area contributed by atoms with Crippen LogP contribution in [0, 0.1) is 12.8 Å². The van der Waals surface area contributed by atoms with Crippen LogP contribution in [0.5, 0.6) is 0 Å². The Hall–Kier alpha value is -0.340. The van der Waals surface area contributed by atoms with Gasteiger partial charge in [-0.3, -0.25) is 0 Å². The van der Waals surface area contributed by atoms with E-state index in [1.807, 2.05) is 25.1 Å². The topological polar surface area (TPSA) is 20.2 Å². The van der Waals surface area contributed by atoms with Crippen LogP contribution in [0.15, 0.2) is 22.7 Å². The SMILES string of the molecule is Cc1ccc(C(O)CCC(C)C)cc1Br. The molecular formula is C13H19BrO. The van der Waals surface area contributed by atoms with Crippen LogP contribution in [0.2, 0.25) is 0 Å². The zero-order chi connectivity index (χ0) is 11.4. The van der Waals surface area contributed by atoms with Crippen LogP contribution in [-0.4, -0.2) is 5.11 Å². The van der Waals surface area contributed by atoms with E-state index in [9.17, 15) is 5.11 Å². The molecule has 1 N–H and O–H groups in total. The van der Waals surface area contributed by atoms with Gasteiger partial charge in [-0.25, -0.2) is 0 Å². The minimum absolute atomic E-state index is 0.329. The number of aryl methyl sites for hydroxylation is 1. The molecule has 0 fully saturated rings. The van der Waals surface area contributed by atoms with Crippen LogP contribution < -0.4 is 0 Å². The molecule has 0 saturated carbocycles. The minimum Gasteiger partial charge on any atom is -0.388 e. The van der Waals surface area contributed by atoms with Crippen molar-refractivity contribution in [2.75, 3.05) is 0 Å². The first-order valence-electron chi connectivity index (χ1n) is 5.45. The summed E-state index contributed by atoms with van der Waals surface area (Å²) in [4.78, 5) is 0. The van der Waals surface area contributed by atoms with E-state index in [4.69, 9.17) is 0 Å². The summed E-state index contributed by atoms with van der Waals surface area (Å²) in [5, 5.41) is 9.96. The van der Waals surface area contributed by atoms with Crippen molar-refractivity contribution >= 4 is 15.9 Å². The van der Waals surface area contributed by atoms with Gasteiger partial charge in [0.25, 0.3) is 0 Å². The van der Waals surface area contributed by atoms with Gasteiger partial charge in [-0.1, -0.05) is 41.9 Å². The average molecular weight is 271 g/mol. The van der Waals surface area contributed by atoms with E-state index in [0.717, 1.165) is 22.9 Å². The standard InChI is InChI=1S/C13H19BrO/c1-9(2)4-7-13(15)11-6-5-10(3)12(14)8-11/h5-6,8-9,13,15H,4,7H2,1-3H3. The quantitative estimate of drug-likeness (QED) is 0.869. The summed E-state index contributed by atoms with van der Waals surface area (Å²) in [5.74, 6) is 0.647. The predicted octanol–water partition coefficient (Wildman–Crippen LogP) is 4.23. The molecule has 0 spiro atoms. The second-order valence-electron chi connectivity index (χ2n) is 4.50. The van der Waals surface area contributed by atoms with Crippen molar-refractivity contribution < 1.29 is 5.11 Å². The first kappa shape index (κ1) is 12.7. The molecule has 2 heteroatoms. The van der Waals surface area contributed by atoms with Crippen LogP contribution in [0.3, 0.4) is 0 Å². The Morgan fingerprint density at radius 3 is 2.47 bits per heavy atom. The highest BCUT2D eigenvalue weighted by molar-refractivity contribution is 9.10. The highest BCUT2D eigenvalue weighted by Gasteiger charge is 2.09. The van der Waals surface area contributed by atoms with Gasteiger partial charge in [-0.15, -0.1) is 0 Å². The zero-order valence-corrected chi connectivity index (χ0v) is 11.2. The van der Waals surface area contributed by atoms with Gasteiger partial charge in [0.1, 0.15) is 0 Å². The van der Waals surface area contributed by atoms with Crippen LogP contribution in [-0.2, 0) is 0 Å². The van der Waals surface area contributed by atoms with E-state index in [1.165, 1.54) is 5.56 Å². The maximum atomic E-state index is 9.96. The molecule has 1 unspecified atom stereocenters. The smallest absolute Gasteiger partial charge is 0.0790 e. The number of hydrogen-bond donors (Lipinski definition) is 1. The molecule has 0 heterocycles. The van der Waals surface area contributed by atoms with Crippen LogP contribution >= 0.6 is 15.9 Å². The molecule has 1 aromatic carbocycles. The number of halogens is 1. The van der Waals surface area contributed by atoms with Gasteiger partial charge >= 0.3 is 0 Å². The van der Waals surface area contributed by atoms with Crippen molar-refractivity contribution in [3.8, 4) is 0 Å². The van der Waals surface area contributed by atoms with E-state index < -0.39 is 0 Å². The van der Waals surface area contributed by atoms with Gasteiger partial charge in [-0.2, -0.15) is 0 Å². The number of hydrogen-bond acceptors (Lipinski definition) is 1. The van der Waals surface area contributed by atoms with Crippen molar-refractivity contribution in [3.63, 3.8) is 0 Å². The number of aliphatic hydroxyl groups excluding tert-OH is 1. The van der Waals surface area contributed by atoms with Crippen molar-refractivity contribution in [2.45, 2.75) is 39.7 Å². The summed E-state index contributed by atoms with van der Waals surface area (Å²) in [6, 6.07) is 6.06. The van der Waals surface area contributed by atoms with E-state index in [1.54, 1.807) is 0 Å². The Labute approximate surface area is 101 Å². The summed E-state index contributed by atoms with van der Waals surface area (Å²) in [6.07, 6.45) is 1.57.